The monoisotopic (exact) mass is 812 g/mol. The third-order valence-corrected chi connectivity index (χ3v) is 14.2. The number of alkyl halides is 1. The number of hydrogen-bond donors (Lipinski definition) is 0. The van der Waals surface area contributed by atoms with Gasteiger partial charge in [-0.1, -0.05) is 80.9 Å². The third kappa shape index (κ3) is 8.63. The van der Waals surface area contributed by atoms with Gasteiger partial charge in [-0.25, -0.2) is 16.8 Å². The first-order valence-corrected chi connectivity index (χ1v) is 21.6. The quantitative estimate of drug-likeness (QED) is 0.108. The molecule has 0 saturated heterocycles. The van der Waals surface area contributed by atoms with Crippen molar-refractivity contribution >= 4 is 42.9 Å². The van der Waals surface area contributed by atoms with Crippen LogP contribution in [0.25, 0.3) is 0 Å². The molecule has 0 aliphatic rings. The molecule has 0 spiro atoms. The van der Waals surface area contributed by atoms with Gasteiger partial charge in [-0.3, -0.25) is 0 Å². The molecule has 0 N–H and O–H groups in total. The second-order valence-electron chi connectivity index (χ2n) is 14.1. The molecule has 6 nitrogen and oxygen atoms in total. The summed E-state index contributed by atoms with van der Waals surface area (Å²) in [6.45, 7) is 10.2. The van der Waals surface area contributed by atoms with Crippen LogP contribution in [0.5, 0.6) is 17.2 Å². The number of ether oxygens (including phenoxy) is 2. The van der Waals surface area contributed by atoms with Gasteiger partial charge in [0, 0.05) is 10.4 Å². The summed E-state index contributed by atoms with van der Waals surface area (Å²) in [6.07, 6.45) is 0.657. The lowest BCUT2D eigenvalue weighted by atomic mass is 9.78. The van der Waals surface area contributed by atoms with Crippen molar-refractivity contribution in [2.45, 2.75) is 77.0 Å². The smallest absolute Gasteiger partial charge is 0.206 e. The second kappa shape index (κ2) is 15.9. The molecule has 10 heteroatoms. The van der Waals surface area contributed by atoms with Crippen LogP contribution in [0, 0.1) is 0 Å². The molecule has 6 aromatic rings. The average Bonchev–Trinajstić information content (AvgIpc) is 3.18. The number of sulfone groups is 2. The van der Waals surface area contributed by atoms with Crippen LogP contribution in [0.2, 0.25) is 5.02 Å². The van der Waals surface area contributed by atoms with Crippen LogP contribution in [-0.4, -0.2) is 16.8 Å². The fourth-order valence-corrected chi connectivity index (χ4v) is 9.04. The highest BCUT2D eigenvalue weighted by atomic mass is 35.5. The number of rotatable bonds is 13. The molecule has 0 heterocycles. The van der Waals surface area contributed by atoms with E-state index >= 15 is 0 Å². The van der Waals surface area contributed by atoms with Crippen molar-refractivity contribution in [2.75, 3.05) is 0 Å². The molecule has 0 aliphatic carbocycles. The summed E-state index contributed by atoms with van der Waals surface area (Å²) >= 11 is 12.1. The molecule has 0 amide bonds. The van der Waals surface area contributed by atoms with Gasteiger partial charge in [0.05, 0.1) is 25.0 Å². The molecule has 2 unspecified atom stereocenters. The number of halogens is 2. The van der Waals surface area contributed by atoms with Crippen LogP contribution in [-0.2, 0) is 30.7 Å². The Labute approximate surface area is 334 Å². The highest BCUT2D eigenvalue weighted by Gasteiger charge is 2.29. The van der Waals surface area contributed by atoms with Gasteiger partial charge in [-0.05, 0) is 140 Å². The fraction of sp³-hybridized carbons (Fsp3) is 0.200. The largest absolute Gasteiger partial charge is 0.483 e. The normalized spacial score (nSPS) is 13.8. The van der Waals surface area contributed by atoms with Crippen LogP contribution in [0.3, 0.4) is 0 Å². The molecule has 0 aromatic heterocycles. The maximum atomic E-state index is 13.2. The van der Waals surface area contributed by atoms with Gasteiger partial charge in [-0.2, -0.15) is 0 Å². The van der Waals surface area contributed by atoms with E-state index in [0.29, 0.717) is 28.7 Å². The Kier molecular flexibility index (Phi) is 11.6. The molecule has 0 fully saturated rings. The van der Waals surface area contributed by atoms with Gasteiger partial charge in [0.25, 0.3) is 0 Å². The highest BCUT2D eigenvalue weighted by molar-refractivity contribution is 7.91. The van der Waals surface area contributed by atoms with Crippen molar-refractivity contribution in [3.63, 3.8) is 0 Å². The van der Waals surface area contributed by atoms with E-state index in [4.69, 9.17) is 32.7 Å². The minimum absolute atomic E-state index is 0.178. The summed E-state index contributed by atoms with van der Waals surface area (Å²) in [5.41, 5.74) is 2.85. The summed E-state index contributed by atoms with van der Waals surface area (Å²) in [6, 6.07) is 41.9. The Hall–Kier alpha value is -4.60. The predicted molar refractivity (Wildman–Crippen MR) is 219 cm³/mol. The van der Waals surface area contributed by atoms with Gasteiger partial charge < -0.3 is 9.47 Å². The van der Waals surface area contributed by atoms with Crippen molar-refractivity contribution < 1.29 is 26.3 Å². The van der Waals surface area contributed by atoms with Crippen molar-refractivity contribution in [3.8, 4) is 17.2 Å². The van der Waals surface area contributed by atoms with Gasteiger partial charge in [0.1, 0.15) is 22.8 Å². The number of benzene rings is 6. The first kappa shape index (κ1) is 40.1. The zero-order valence-electron chi connectivity index (χ0n) is 31.2. The Balaban J connectivity index is 1.10. The minimum Gasteiger partial charge on any atom is -0.483 e. The van der Waals surface area contributed by atoms with Crippen molar-refractivity contribution in [2.24, 2.45) is 0 Å². The van der Waals surface area contributed by atoms with Gasteiger partial charge in [0.2, 0.25) is 19.7 Å². The molecule has 284 valence electrons. The predicted octanol–water partition coefficient (Wildman–Crippen LogP) is 12.1. The molecular weight excluding hydrogens is 772 g/mol. The van der Waals surface area contributed by atoms with Crippen molar-refractivity contribution in [1.29, 1.82) is 0 Å². The molecule has 6 rings (SSSR count). The van der Waals surface area contributed by atoms with E-state index in [0.717, 1.165) is 22.3 Å². The van der Waals surface area contributed by atoms with Crippen LogP contribution in [0.4, 0.5) is 0 Å². The highest BCUT2D eigenvalue weighted by Crippen LogP contribution is 2.37. The number of hydrogen-bond acceptors (Lipinski definition) is 6. The Morgan fingerprint density at radius 1 is 0.527 bits per heavy atom. The molecular formula is C45H42Cl2O6S2. The average molecular weight is 814 g/mol. The SMILES string of the molecule is CCC(C)(Oc1ccc(C(C)(C)c2ccc(Oc3ccc(S(=O)(=O)c4ccc(C(C)Cl)cc4)cc3)cc2)cc1)c1ccc(S(=O)(=O)c2ccc(Cl)cc2)cc1. The van der Waals surface area contributed by atoms with Crippen LogP contribution in [0.15, 0.2) is 165 Å². The van der Waals surface area contributed by atoms with E-state index in [1.54, 1.807) is 84.9 Å². The topological polar surface area (TPSA) is 86.7 Å². The Morgan fingerprint density at radius 3 is 1.29 bits per heavy atom. The standard InChI is InChI=1S/C45H42Cl2O6S2/c1-6-45(5,35-13-25-41(26-14-35)55(50,51)42-27-15-36(47)16-28-42)53-39-19-11-34(12-20-39)44(3,4)33-9-17-37(18-10-33)52-38-21-29-43(30-22-38)54(48,49)40-23-7-32(8-24-40)31(2)46/h7-31H,6H2,1-5H3. The summed E-state index contributed by atoms with van der Waals surface area (Å²) in [5, 5.41) is 0.267. The van der Waals surface area contributed by atoms with Crippen molar-refractivity contribution in [3.05, 3.63) is 173 Å². The van der Waals surface area contributed by atoms with Gasteiger partial charge in [-0.15, -0.1) is 11.6 Å². The fourth-order valence-electron chi connectivity index (χ4n) is 6.25. The second-order valence-corrected chi connectivity index (χ2v) is 19.1. The summed E-state index contributed by atoms with van der Waals surface area (Å²) < 4.78 is 65.3. The first-order valence-electron chi connectivity index (χ1n) is 17.8. The maximum absolute atomic E-state index is 13.2. The molecule has 55 heavy (non-hydrogen) atoms. The third-order valence-electron chi connectivity index (χ3n) is 10.1. The van der Waals surface area contributed by atoms with E-state index in [1.165, 1.54) is 12.1 Å². The Morgan fingerprint density at radius 2 is 0.873 bits per heavy atom. The lowest BCUT2D eigenvalue weighted by Gasteiger charge is -2.31. The Bertz CT molecular complexity index is 2460. The zero-order valence-corrected chi connectivity index (χ0v) is 34.3. The summed E-state index contributed by atoms with van der Waals surface area (Å²) in [7, 11) is -7.38. The lowest BCUT2D eigenvalue weighted by Crippen LogP contribution is -2.28. The summed E-state index contributed by atoms with van der Waals surface area (Å²) in [4.78, 5) is 0.768. The zero-order chi connectivity index (χ0) is 39.6. The minimum atomic E-state index is -3.69. The molecule has 0 radical (unpaired) electrons. The van der Waals surface area contributed by atoms with Crippen LogP contribution < -0.4 is 9.47 Å². The van der Waals surface area contributed by atoms with E-state index in [2.05, 4.69) is 26.0 Å². The van der Waals surface area contributed by atoms with Crippen LogP contribution in [0.1, 0.15) is 68.7 Å². The van der Waals surface area contributed by atoms with E-state index < -0.39 is 25.3 Å². The van der Waals surface area contributed by atoms with Gasteiger partial charge in [0.15, 0.2) is 0 Å². The van der Waals surface area contributed by atoms with E-state index in [-0.39, 0.29) is 30.4 Å². The molecule has 2 atom stereocenters. The van der Waals surface area contributed by atoms with Gasteiger partial charge >= 0.3 is 0 Å². The molecule has 0 aliphatic heterocycles. The molecule has 6 aromatic carbocycles. The maximum Gasteiger partial charge on any atom is 0.206 e. The lowest BCUT2D eigenvalue weighted by molar-refractivity contribution is 0.0825. The van der Waals surface area contributed by atoms with E-state index in [1.807, 2.05) is 57.2 Å². The van der Waals surface area contributed by atoms with Crippen molar-refractivity contribution in [1.82, 2.24) is 0 Å². The first-order chi connectivity index (χ1) is 26.0. The molecule has 0 saturated carbocycles. The van der Waals surface area contributed by atoms with Crippen LogP contribution >= 0.6 is 23.2 Å². The van der Waals surface area contributed by atoms with E-state index in [9.17, 15) is 16.8 Å². The molecule has 0 bridgehead atoms. The summed E-state index contributed by atoms with van der Waals surface area (Å²) in [5.74, 6) is 1.84.